The smallest absolute Gasteiger partial charge is 0.485 e. The highest BCUT2D eigenvalue weighted by atomic mass is 32.2. The zero-order valence-corrected chi connectivity index (χ0v) is 15.7. The van der Waals surface area contributed by atoms with Gasteiger partial charge in [0.25, 0.3) is 0 Å². The lowest BCUT2D eigenvalue weighted by atomic mass is 10.2. The van der Waals surface area contributed by atoms with Gasteiger partial charge in [-0.2, -0.15) is 13.2 Å². The van der Waals surface area contributed by atoms with E-state index < -0.39 is 23.5 Å². The molecule has 0 bridgehead atoms. The molecule has 0 aromatic heterocycles. The van der Waals surface area contributed by atoms with Crippen LogP contribution in [-0.2, 0) is 14.9 Å². The Balaban J connectivity index is 0.000000472. The largest absolute Gasteiger partial charge is 0.741 e. The third kappa shape index (κ3) is 7.11. The first-order valence-electron chi connectivity index (χ1n) is 6.99. The minimum absolute atomic E-state index is 0.442. The highest BCUT2D eigenvalue weighted by Crippen LogP contribution is 2.64. The number of hydrogen-bond acceptors (Lipinski definition) is 4. The summed E-state index contributed by atoms with van der Waals surface area (Å²) in [5.74, 6) is 0.583. The predicted molar refractivity (Wildman–Crippen MR) is 82.5 cm³/mol. The van der Waals surface area contributed by atoms with Gasteiger partial charge in [0.2, 0.25) is 0 Å². The standard InChI is InChI=1S/C12H25OP.CHF3O3S/c1-11(2,3)14(12(4,5)6)10-8-7-9-13-10;2-1(3,4)8(5,6)7/h10H,7-9H2,1-6H3;(H,5,6,7)/t10-;/m0./s1. The van der Waals surface area contributed by atoms with Crippen molar-refractivity contribution < 1.29 is 30.9 Å². The summed E-state index contributed by atoms with van der Waals surface area (Å²) in [7, 11) is -6.57. The SMILES string of the molecule is CC(C)(C)[PH+]([C@H]1CCCO1)C(C)(C)C.O=S(=O)([O-])C(F)(F)F. The average molecular weight is 366 g/mol. The summed E-state index contributed by atoms with van der Waals surface area (Å²) in [6, 6.07) is 0. The number of rotatable bonds is 1. The molecule has 9 heteroatoms. The van der Waals surface area contributed by atoms with Crippen LogP contribution in [-0.4, -0.2) is 41.2 Å². The second-order valence-corrected chi connectivity index (χ2v) is 13.2. The molecule has 1 heterocycles. The van der Waals surface area contributed by atoms with E-state index in [-0.39, 0.29) is 0 Å². The molecule has 1 saturated heterocycles. The summed E-state index contributed by atoms with van der Waals surface area (Å²) in [5, 5.41) is 0.885. The van der Waals surface area contributed by atoms with Gasteiger partial charge in [0.15, 0.2) is 16.0 Å². The maximum absolute atomic E-state index is 10.7. The second kappa shape index (κ2) is 7.32. The number of alkyl halides is 3. The van der Waals surface area contributed by atoms with Crippen molar-refractivity contribution in [1.82, 2.24) is 0 Å². The van der Waals surface area contributed by atoms with Gasteiger partial charge in [0, 0.05) is 14.3 Å². The Morgan fingerprint density at radius 2 is 1.41 bits per heavy atom. The van der Waals surface area contributed by atoms with Crippen LogP contribution in [0, 0.1) is 0 Å². The van der Waals surface area contributed by atoms with Gasteiger partial charge in [-0.25, -0.2) is 8.42 Å². The summed E-state index contributed by atoms with van der Waals surface area (Å²) >= 11 is 0. The van der Waals surface area contributed by atoms with E-state index >= 15 is 0 Å². The Labute approximate surface area is 132 Å². The van der Waals surface area contributed by atoms with Gasteiger partial charge >= 0.3 is 5.51 Å². The summed E-state index contributed by atoms with van der Waals surface area (Å²) in [4.78, 5) is 0. The lowest BCUT2D eigenvalue weighted by molar-refractivity contribution is -0.0517. The first-order chi connectivity index (χ1) is 9.48. The van der Waals surface area contributed by atoms with Gasteiger partial charge in [0.1, 0.15) is 0 Å². The third-order valence-corrected chi connectivity index (χ3v) is 8.05. The van der Waals surface area contributed by atoms with Crippen molar-refractivity contribution in [3.05, 3.63) is 0 Å². The van der Waals surface area contributed by atoms with Crippen LogP contribution in [0.4, 0.5) is 13.2 Å². The summed E-state index contributed by atoms with van der Waals surface area (Å²) in [6.45, 7) is 15.3. The number of ether oxygens (including phenoxy) is 1. The lowest BCUT2D eigenvalue weighted by Crippen LogP contribution is -2.31. The van der Waals surface area contributed by atoms with Gasteiger partial charge in [-0.15, -0.1) is 0 Å². The Morgan fingerprint density at radius 3 is 1.59 bits per heavy atom. The molecule has 0 unspecified atom stereocenters. The molecule has 0 aromatic rings. The zero-order chi connectivity index (χ0) is 18.0. The second-order valence-electron chi connectivity index (χ2n) is 7.32. The van der Waals surface area contributed by atoms with Crippen LogP contribution in [0.3, 0.4) is 0 Å². The highest BCUT2D eigenvalue weighted by Gasteiger charge is 2.49. The van der Waals surface area contributed by atoms with Gasteiger partial charge in [-0.1, -0.05) is 0 Å². The van der Waals surface area contributed by atoms with E-state index in [1.54, 1.807) is 0 Å². The predicted octanol–water partition coefficient (Wildman–Crippen LogP) is 3.99. The summed E-state index contributed by atoms with van der Waals surface area (Å²) in [6.07, 6.45) is 2.56. The van der Waals surface area contributed by atoms with E-state index in [2.05, 4.69) is 41.5 Å². The van der Waals surface area contributed by atoms with Crippen molar-refractivity contribution >= 4 is 18.0 Å². The van der Waals surface area contributed by atoms with E-state index in [4.69, 9.17) is 17.7 Å². The molecule has 1 aliphatic heterocycles. The van der Waals surface area contributed by atoms with Gasteiger partial charge in [-0.3, -0.25) is 0 Å². The van der Waals surface area contributed by atoms with E-state index in [1.807, 2.05) is 0 Å². The summed E-state index contributed by atoms with van der Waals surface area (Å²) in [5.41, 5.74) is -5.65. The van der Waals surface area contributed by atoms with E-state index in [0.717, 1.165) is 6.61 Å². The molecule has 0 N–H and O–H groups in total. The van der Waals surface area contributed by atoms with Crippen molar-refractivity contribution in [3.8, 4) is 0 Å². The number of halogens is 3. The number of hydrogen-bond donors (Lipinski definition) is 0. The van der Waals surface area contributed by atoms with Crippen LogP contribution in [0.2, 0.25) is 0 Å². The fourth-order valence-electron chi connectivity index (χ4n) is 2.90. The van der Waals surface area contributed by atoms with E-state index in [0.29, 0.717) is 16.2 Å². The molecule has 0 aliphatic carbocycles. The van der Waals surface area contributed by atoms with E-state index in [1.165, 1.54) is 12.8 Å². The molecule has 134 valence electrons. The minimum atomic E-state index is -6.09. The topological polar surface area (TPSA) is 66.4 Å². The van der Waals surface area contributed by atoms with Crippen LogP contribution in [0.1, 0.15) is 54.4 Å². The lowest BCUT2D eigenvalue weighted by Gasteiger charge is -2.36. The Hall–Kier alpha value is 0.0900. The fourth-order valence-corrected chi connectivity index (χ4v) is 7.86. The zero-order valence-electron chi connectivity index (χ0n) is 13.9. The monoisotopic (exact) mass is 366 g/mol. The van der Waals surface area contributed by atoms with Gasteiger partial charge in [0.05, 0.1) is 16.9 Å². The Morgan fingerprint density at radius 1 is 1.05 bits per heavy atom. The molecule has 4 nitrogen and oxygen atoms in total. The van der Waals surface area contributed by atoms with Gasteiger partial charge < -0.3 is 9.29 Å². The Bertz CT molecular complexity index is 429. The Kier molecular flexibility index (Phi) is 7.35. The quantitative estimate of drug-likeness (QED) is 0.400. The van der Waals surface area contributed by atoms with Crippen LogP contribution in [0.15, 0.2) is 0 Å². The van der Waals surface area contributed by atoms with Gasteiger partial charge in [-0.05, 0) is 48.0 Å². The normalized spacial score (nSPS) is 20.8. The highest BCUT2D eigenvalue weighted by molar-refractivity contribution is 7.86. The first kappa shape index (κ1) is 22.1. The molecule has 0 amide bonds. The average Bonchev–Trinajstić information content (AvgIpc) is 2.62. The summed E-state index contributed by atoms with van der Waals surface area (Å²) < 4.78 is 64.8. The molecule has 0 spiro atoms. The minimum Gasteiger partial charge on any atom is -0.741 e. The van der Waals surface area contributed by atoms with Crippen LogP contribution in [0.5, 0.6) is 0 Å². The molecule has 0 radical (unpaired) electrons. The first-order valence-corrected chi connectivity index (χ1v) is 9.98. The third-order valence-electron chi connectivity index (χ3n) is 3.15. The molecule has 0 saturated carbocycles. The molecule has 0 aromatic carbocycles. The van der Waals surface area contributed by atoms with Crippen molar-refractivity contribution in [2.75, 3.05) is 6.61 Å². The van der Waals surface area contributed by atoms with Crippen molar-refractivity contribution in [2.45, 2.75) is 76.0 Å². The molecule has 1 atom stereocenters. The molecule has 1 fully saturated rings. The van der Waals surface area contributed by atoms with Crippen molar-refractivity contribution in [1.29, 1.82) is 0 Å². The molecule has 1 aliphatic rings. The van der Waals surface area contributed by atoms with Crippen LogP contribution in [0.25, 0.3) is 0 Å². The van der Waals surface area contributed by atoms with Crippen LogP contribution < -0.4 is 0 Å². The van der Waals surface area contributed by atoms with Crippen molar-refractivity contribution in [2.24, 2.45) is 0 Å². The molecule has 22 heavy (non-hydrogen) atoms. The maximum atomic E-state index is 10.7. The molecular weight excluding hydrogens is 340 g/mol. The maximum Gasteiger partial charge on any atom is 0.485 e. The van der Waals surface area contributed by atoms with Crippen molar-refractivity contribution in [3.63, 3.8) is 0 Å². The van der Waals surface area contributed by atoms with E-state index in [9.17, 15) is 13.2 Å². The molecular formula is C13H26F3O4PS. The fraction of sp³-hybridized carbons (Fsp3) is 1.00. The molecule has 1 rings (SSSR count). The van der Waals surface area contributed by atoms with Crippen LogP contribution >= 0.6 is 7.92 Å².